The van der Waals surface area contributed by atoms with Gasteiger partial charge < -0.3 is 9.64 Å². The first-order chi connectivity index (χ1) is 15.9. The van der Waals surface area contributed by atoms with Gasteiger partial charge in [-0.05, 0) is 68.5 Å². The quantitative estimate of drug-likeness (QED) is 0.411. The van der Waals surface area contributed by atoms with Crippen LogP contribution in [0.4, 0.5) is 5.69 Å². The molecule has 1 aliphatic rings. The summed E-state index contributed by atoms with van der Waals surface area (Å²) in [5, 5.41) is 6.36. The van der Waals surface area contributed by atoms with Crippen LogP contribution in [0, 0.1) is 20.8 Å². The van der Waals surface area contributed by atoms with Crippen LogP contribution in [0.15, 0.2) is 48.5 Å². The molecule has 1 amide bonds. The number of aryl methyl sites for hydroxylation is 3. The summed E-state index contributed by atoms with van der Waals surface area (Å²) in [4.78, 5) is 19.5. The summed E-state index contributed by atoms with van der Waals surface area (Å²) in [6.07, 6.45) is 1.94. The molecule has 5 rings (SSSR count). The van der Waals surface area contributed by atoms with Gasteiger partial charge >= 0.3 is 0 Å². The highest BCUT2D eigenvalue weighted by atomic mass is 35.5. The molecule has 2 aromatic carbocycles. The highest BCUT2D eigenvalue weighted by molar-refractivity contribution is 6.31. The minimum Gasteiger partial charge on any atom is -0.467 e. The number of carbonyl (C=O) groups excluding carboxylic acids is 1. The fourth-order valence-electron chi connectivity index (χ4n) is 4.55. The third-order valence-electron chi connectivity index (χ3n) is 6.21. The maximum absolute atomic E-state index is 13.0. The molecule has 0 saturated carbocycles. The van der Waals surface area contributed by atoms with Crippen LogP contribution in [0.1, 0.15) is 28.8 Å². The third-order valence-corrected chi connectivity index (χ3v) is 6.62. The van der Waals surface area contributed by atoms with Gasteiger partial charge in [-0.1, -0.05) is 35.9 Å². The molecule has 7 heteroatoms. The first kappa shape index (κ1) is 21.5. The number of para-hydroxylation sites is 1. The van der Waals surface area contributed by atoms with Gasteiger partial charge in [0.2, 0.25) is 5.88 Å². The van der Waals surface area contributed by atoms with Gasteiger partial charge in [0.05, 0.1) is 11.4 Å². The zero-order chi connectivity index (χ0) is 23.1. The van der Waals surface area contributed by atoms with Crippen molar-refractivity contribution in [3.05, 3.63) is 75.9 Å². The Kier molecular flexibility index (Phi) is 5.54. The van der Waals surface area contributed by atoms with Crippen molar-refractivity contribution in [2.45, 2.75) is 33.6 Å². The molecule has 0 aliphatic carbocycles. The molecule has 0 bridgehead atoms. The SMILES string of the molecule is Cc1c(Cl)cccc1-n1nc(C)c2c(C)cc(OCC(=O)N3CCCc4ccccc43)nc21. The summed E-state index contributed by atoms with van der Waals surface area (Å²) >= 11 is 6.35. The number of pyridine rings is 1. The summed E-state index contributed by atoms with van der Waals surface area (Å²) in [7, 11) is 0. The Morgan fingerprint density at radius 3 is 2.73 bits per heavy atom. The number of fused-ring (bicyclic) bond motifs is 2. The molecular formula is C26H25ClN4O2. The molecule has 0 unspecified atom stereocenters. The van der Waals surface area contributed by atoms with Gasteiger partial charge in [0.15, 0.2) is 12.3 Å². The fraction of sp³-hybridized carbons (Fsp3) is 0.269. The van der Waals surface area contributed by atoms with Crippen molar-refractivity contribution in [3.63, 3.8) is 0 Å². The smallest absolute Gasteiger partial charge is 0.264 e. The van der Waals surface area contributed by atoms with Crippen LogP contribution >= 0.6 is 11.6 Å². The number of anilines is 1. The van der Waals surface area contributed by atoms with E-state index in [0.29, 0.717) is 23.1 Å². The second-order valence-corrected chi connectivity index (χ2v) is 8.83. The van der Waals surface area contributed by atoms with Gasteiger partial charge in [0, 0.05) is 28.7 Å². The number of hydrogen-bond donors (Lipinski definition) is 0. The van der Waals surface area contributed by atoms with Crippen molar-refractivity contribution in [2.75, 3.05) is 18.1 Å². The van der Waals surface area contributed by atoms with E-state index in [1.165, 1.54) is 5.56 Å². The van der Waals surface area contributed by atoms with E-state index in [0.717, 1.165) is 46.4 Å². The number of halogens is 1. The van der Waals surface area contributed by atoms with Crippen LogP contribution in [0.2, 0.25) is 5.02 Å². The number of amides is 1. The standard InChI is InChI=1S/C26H25ClN4O2/c1-16-14-23(33-15-24(32)30-13-7-9-19-8-4-5-11-22(19)30)28-26-25(16)18(3)29-31(26)21-12-6-10-20(27)17(21)2/h4-6,8,10-12,14H,7,9,13,15H2,1-3H3. The molecule has 0 spiro atoms. The predicted octanol–water partition coefficient (Wildman–Crippen LogP) is 5.36. The normalized spacial score (nSPS) is 13.3. The number of carbonyl (C=O) groups is 1. The fourth-order valence-corrected chi connectivity index (χ4v) is 4.72. The van der Waals surface area contributed by atoms with E-state index >= 15 is 0 Å². The molecule has 33 heavy (non-hydrogen) atoms. The van der Waals surface area contributed by atoms with Crippen molar-refractivity contribution in [1.29, 1.82) is 0 Å². The molecule has 1 aliphatic heterocycles. The van der Waals surface area contributed by atoms with E-state index in [-0.39, 0.29) is 12.5 Å². The Morgan fingerprint density at radius 1 is 1.09 bits per heavy atom. The minimum absolute atomic E-state index is 0.0722. The summed E-state index contributed by atoms with van der Waals surface area (Å²) in [5.41, 5.74) is 6.52. The molecule has 0 radical (unpaired) electrons. The molecule has 0 fully saturated rings. The van der Waals surface area contributed by atoms with E-state index in [4.69, 9.17) is 26.4 Å². The van der Waals surface area contributed by atoms with E-state index in [1.54, 1.807) is 4.68 Å². The van der Waals surface area contributed by atoms with Crippen LogP contribution in [0.5, 0.6) is 5.88 Å². The van der Waals surface area contributed by atoms with Crippen molar-refractivity contribution >= 4 is 34.2 Å². The Balaban J connectivity index is 1.45. The largest absolute Gasteiger partial charge is 0.467 e. The summed E-state index contributed by atoms with van der Waals surface area (Å²) in [5.74, 6) is 0.330. The highest BCUT2D eigenvalue weighted by Crippen LogP contribution is 2.30. The van der Waals surface area contributed by atoms with Crippen LogP contribution in [-0.4, -0.2) is 33.8 Å². The van der Waals surface area contributed by atoms with Gasteiger partial charge in [0.1, 0.15) is 0 Å². The zero-order valence-corrected chi connectivity index (χ0v) is 19.7. The third kappa shape index (κ3) is 3.85. The van der Waals surface area contributed by atoms with E-state index in [1.807, 2.05) is 68.1 Å². The second-order valence-electron chi connectivity index (χ2n) is 8.42. The van der Waals surface area contributed by atoms with E-state index in [9.17, 15) is 4.79 Å². The lowest BCUT2D eigenvalue weighted by Gasteiger charge is -2.29. The number of hydrogen-bond acceptors (Lipinski definition) is 4. The molecule has 2 aromatic heterocycles. The van der Waals surface area contributed by atoms with Crippen LogP contribution in [-0.2, 0) is 11.2 Å². The van der Waals surface area contributed by atoms with Crippen molar-refractivity contribution in [1.82, 2.24) is 14.8 Å². The van der Waals surface area contributed by atoms with Crippen molar-refractivity contribution < 1.29 is 9.53 Å². The number of rotatable bonds is 4. The van der Waals surface area contributed by atoms with Crippen LogP contribution in [0.3, 0.4) is 0 Å². The average Bonchev–Trinajstić information content (AvgIpc) is 3.15. The monoisotopic (exact) mass is 460 g/mol. The Labute approximate surface area is 197 Å². The molecule has 0 saturated heterocycles. The maximum Gasteiger partial charge on any atom is 0.264 e. The predicted molar refractivity (Wildman–Crippen MR) is 131 cm³/mol. The number of ether oxygens (including phenoxy) is 1. The van der Waals surface area contributed by atoms with Gasteiger partial charge in [-0.25, -0.2) is 4.68 Å². The molecule has 0 N–H and O–H groups in total. The first-order valence-electron chi connectivity index (χ1n) is 11.1. The van der Waals surface area contributed by atoms with Crippen LogP contribution < -0.4 is 9.64 Å². The molecule has 4 aromatic rings. The lowest BCUT2D eigenvalue weighted by molar-refractivity contribution is -0.120. The minimum atomic E-state index is -0.0738. The Morgan fingerprint density at radius 2 is 1.88 bits per heavy atom. The van der Waals surface area contributed by atoms with E-state index < -0.39 is 0 Å². The maximum atomic E-state index is 13.0. The van der Waals surface area contributed by atoms with Gasteiger partial charge in [-0.3, -0.25) is 4.79 Å². The van der Waals surface area contributed by atoms with Gasteiger partial charge in [-0.2, -0.15) is 10.1 Å². The zero-order valence-electron chi connectivity index (χ0n) is 18.9. The molecule has 3 heterocycles. The Bertz CT molecular complexity index is 1380. The lowest BCUT2D eigenvalue weighted by Crippen LogP contribution is -2.38. The lowest BCUT2D eigenvalue weighted by atomic mass is 10.0. The summed E-state index contributed by atoms with van der Waals surface area (Å²) in [6.45, 7) is 6.55. The second kappa shape index (κ2) is 8.52. The first-order valence-corrected chi connectivity index (χ1v) is 11.5. The Hall–Kier alpha value is -3.38. The molecule has 0 atom stereocenters. The van der Waals surface area contributed by atoms with Gasteiger partial charge in [-0.15, -0.1) is 0 Å². The highest BCUT2D eigenvalue weighted by Gasteiger charge is 2.23. The number of benzene rings is 2. The summed E-state index contributed by atoms with van der Waals surface area (Å²) in [6, 6.07) is 15.6. The topological polar surface area (TPSA) is 60.3 Å². The molecular weight excluding hydrogens is 436 g/mol. The molecule has 168 valence electrons. The van der Waals surface area contributed by atoms with Gasteiger partial charge in [0.25, 0.3) is 5.91 Å². The number of nitrogens with zero attached hydrogens (tertiary/aromatic N) is 4. The van der Waals surface area contributed by atoms with Crippen molar-refractivity contribution in [3.8, 4) is 11.6 Å². The van der Waals surface area contributed by atoms with Crippen LogP contribution in [0.25, 0.3) is 16.7 Å². The average molecular weight is 461 g/mol. The van der Waals surface area contributed by atoms with E-state index in [2.05, 4.69) is 6.07 Å². The van der Waals surface area contributed by atoms with Crippen molar-refractivity contribution in [2.24, 2.45) is 0 Å². The number of aromatic nitrogens is 3. The molecule has 6 nitrogen and oxygen atoms in total. The summed E-state index contributed by atoms with van der Waals surface area (Å²) < 4.78 is 7.71.